The van der Waals surface area contributed by atoms with Crippen LogP contribution in [0.2, 0.25) is 0 Å². The highest BCUT2D eigenvalue weighted by Gasteiger charge is 2.53. The summed E-state index contributed by atoms with van der Waals surface area (Å²) in [6, 6.07) is 7.85. The van der Waals surface area contributed by atoms with Crippen LogP contribution in [0.15, 0.2) is 30.3 Å². The standard InChI is InChI=1S/C17H22F3NO4/c1-15(2,3)25-14(24)21(4)16(13(22)23,11-17(18,19)20)10-12-8-6-5-7-9-12/h5-9H,10-11H2,1-4H3,(H,22,23). The Morgan fingerprint density at radius 3 is 2.04 bits per heavy atom. The fourth-order valence-electron chi connectivity index (χ4n) is 2.36. The number of amides is 1. The lowest BCUT2D eigenvalue weighted by Crippen LogP contribution is -2.59. The summed E-state index contributed by atoms with van der Waals surface area (Å²) in [5.74, 6) is -1.75. The Balaban J connectivity index is 3.33. The maximum Gasteiger partial charge on any atom is 0.411 e. The molecule has 1 unspecified atom stereocenters. The van der Waals surface area contributed by atoms with Crippen LogP contribution in [0.5, 0.6) is 0 Å². The van der Waals surface area contributed by atoms with Gasteiger partial charge in [-0.05, 0) is 26.3 Å². The molecular weight excluding hydrogens is 339 g/mol. The van der Waals surface area contributed by atoms with Crippen molar-refractivity contribution in [3.05, 3.63) is 35.9 Å². The molecule has 0 radical (unpaired) electrons. The van der Waals surface area contributed by atoms with Gasteiger partial charge in [-0.15, -0.1) is 0 Å². The molecule has 0 aromatic heterocycles. The molecule has 0 spiro atoms. The number of halogens is 3. The fourth-order valence-corrected chi connectivity index (χ4v) is 2.36. The first-order valence-electron chi connectivity index (χ1n) is 7.58. The van der Waals surface area contributed by atoms with Gasteiger partial charge >= 0.3 is 18.2 Å². The van der Waals surface area contributed by atoms with Crippen LogP contribution in [0, 0.1) is 0 Å². The molecule has 5 nitrogen and oxygen atoms in total. The molecule has 0 aliphatic heterocycles. The van der Waals surface area contributed by atoms with Gasteiger partial charge in [0.15, 0.2) is 5.54 Å². The summed E-state index contributed by atoms with van der Waals surface area (Å²) in [6.07, 6.45) is -8.11. The van der Waals surface area contributed by atoms with E-state index in [1.54, 1.807) is 39.0 Å². The molecule has 8 heteroatoms. The highest BCUT2D eigenvalue weighted by molar-refractivity contribution is 5.85. The first-order valence-corrected chi connectivity index (χ1v) is 7.58. The molecule has 1 aromatic rings. The topological polar surface area (TPSA) is 66.8 Å². The van der Waals surface area contributed by atoms with Gasteiger partial charge in [0.25, 0.3) is 0 Å². The second kappa shape index (κ2) is 7.33. The Morgan fingerprint density at radius 2 is 1.64 bits per heavy atom. The number of ether oxygens (including phenoxy) is 1. The van der Waals surface area contributed by atoms with E-state index in [1.807, 2.05) is 0 Å². The summed E-state index contributed by atoms with van der Waals surface area (Å²) >= 11 is 0. The third-order valence-corrected chi connectivity index (χ3v) is 3.54. The van der Waals surface area contributed by atoms with Gasteiger partial charge in [-0.3, -0.25) is 4.90 Å². The van der Waals surface area contributed by atoms with Crippen LogP contribution >= 0.6 is 0 Å². The number of hydrogen-bond donors (Lipinski definition) is 1. The van der Waals surface area contributed by atoms with Crippen molar-refractivity contribution in [1.29, 1.82) is 0 Å². The SMILES string of the molecule is CN(C(=O)OC(C)(C)C)C(Cc1ccccc1)(CC(F)(F)F)C(=O)O. The zero-order valence-electron chi connectivity index (χ0n) is 14.6. The lowest BCUT2D eigenvalue weighted by Gasteiger charge is -2.39. The average molecular weight is 361 g/mol. The Labute approximate surface area is 144 Å². The molecule has 25 heavy (non-hydrogen) atoms. The first-order chi connectivity index (χ1) is 11.3. The number of hydrogen-bond acceptors (Lipinski definition) is 3. The van der Waals surface area contributed by atoms with Crippen molar-refractivity contribution in [2.75, 3.05) is 7.05 Å². The zero-order valence-corrected chi connectivity index (χ0v) is 14.6. The maximum atomic E-state index is 13.1. The molecule has 0 fully saturated rings. The number of likely N-dealkylation sites (N-methyl/N-ethyl adjacent to an activating group) is 1. The molecule has 1 atom stereocenters. The van der Waals surface area contributed by atoms with E-state index in [1.165, 1.54) is 12.1 Å². The molecule has 0 aliphatic rings. The van der Waals surface area contributed by atoms with Gasteiger partial charge in [0.2, 0.25) is 0 Å². The fraction of sp³-hybridized carbons (Fsp3) is 0.529. The van der Waals surface area contributed by atoms with Crippen LogP contribution in [0.25, 0.3) is 0 Å². The second-order valence-electron chi connectivity index (χ2n) is 6.83. The second-order valence-corrected chi connectivity index (χ2v) is 6.83. The number of carbonyl (C=O) groups is 2. The molecule has 1 N–H and O–H groups in total. The molecule has 0 aliphatic carbocycles. The quantitative estimate of drug-likeness (QED) is 0.864. The van der Waals surface area contributed by atoms with Gasteiger partial charge in [0.1, 0.15) is 5.60 Å². The Morgan fingerprint density at radius 1 is 1.12 bits per heavy atom. The molecule has 1 aromatic carbocycles. The molecular formula is C17H22F3NO4. The lowest BCUT2D eigenvalue weighted by molar-refractivity contribution is -0.180. The minimum Gasteiger partial charge on any atom is -0.479 e. The van der Waals surface area contributed by atoms with Crippen LogP contribution < -0.4 is 0 Å². The van der Waals surface area contributed by atoms with Crippen molar-refractivity contribution in [1.82, 2.24) is 4.90 Å². The van der Waals surface area contributed by atoms with E-state index in [-0.39, 0.29) is 0 Å². The number of nitrogens with zero attached hydrogens (tertiary/aromatic N) is 1. The Hall–Kier alpha value is -2.25. The zero-order chi connectivity index (χ0) is 19.5. The highest BCUT2D eigenvalue weighted by Crippen LogP contribution is 2.35. The van der Waals surface area contributed by atoms with Crippen LogP contribution in [0.4, 0.5) is 18.0 Å². The number of benzene rings is 1. The van der Waals surface area contributed by atoms with Gasteiger partial charge in [-0.2, -0.15) is 13.2 Å². The largest absolute Gasteiger partial charge is 0.479 e. The van der Waals surface area contributed by atoms with Crippen molar-refractivity contribution < 1.29 is 32.6 Å². The number of aliphatic carboxylic acids is 1. The normalized spacial score (nSPS) is 14.5. The van der Waals surface area contributed by atoms with Crippen LogP contribution in [0.3, 0.4) is 0 Å². The summed E-state index contributed by atoms with van der Waals surface area (Å²) in [6.45, 7) is 4.63. The minimum atomic E-state index is -4.79. The highest BCUT2D eigenvalue weighted by atomic mass is 19.4. The molecule has 140 valence electrons. The molecule has 1 amide bonds. The third kappa shape index (κ3) is 5.95. The van der Waals surface area contributed by atoms with Crippen LogP contribution in [-0.4, -0.2) is 46.4 Å². The number of rotatable bonds is 5. The summed E-state index contributed by atoms with van der Waals surface area (Å²) in [4.78, 5) is 24.7. The van der Waals surface area contributed by atoms with Crippen molar-refractivity contribution in [2.24, 2.45) is 0 Å². The smallest absolute Gasteiger partial charge is 0.411 e. The summed E-state index contributed by atoms with van der Waals surface area (Å²) < 4.78 is 44.5. The van der Waals surface area contributed by atoms with Gasteiger partial charge in [0.05, 0.1) is 6.42 Å². The van der Waals surface area contributed by atoms with Crippen LogP contribution in [-0.2, 0) is 16.0 Å². The molecule has 0 heterocycles. The van der Waals surface area contributed by atoms with Crippen LogP contribution in [0.1, 0.15) is 32.8 Å². The van der Waals surface area contributed by atoms with Crippen molar-refractivity contribution >= 4 is 12.1 Å². The number of carboxylic acid groups (broad SMARTS) is 1. The van der Waals surface area contributed by atoms with E-state index in [2.05, 4.69) is 0 Å². The predicted octanol–water partition coefficient (Wildman–Crippen LogP) is 3.87. The van der Waals surface area contributed by atoms with Gasteiger partial charge in [0, 0.05) is 13.5 Å². The summed E-state index contributed by atoms with van der Waals surface area (Å²) in [7, 11) is 1.01. The van der Waals surface area contributed by atoms with E-state index in [4.69, 9.17) is 4.74 Å². The average Bonchev–Trinajstić information content (AvgIpc) is 2.43. The Bertz CT molecular complexity index is 611. The Kier molecular flexibility index (Phi) is 6.09. The number of carbonyl (C=O) groups excluding carboxylic acids is 1. The predicted molar refractivity (Wildman–Crippen MR) is 85.2 cm³/mol. The van der Waals surface area contributed by atoms with E-state index in [0.717, 1.165) is 7.05 Å². The first kappa shape index (κ1) is 20.8. The molecule has 0 saturated carbocycles. The van der Waals surface area contributed by atoms with E-state index in [9.17, 15) is 27.9 Å². The maximum absolute atomic E-state index is 13.1. The molecule has 0 bridgehead atoms. The minimum absolute atomic E-state index is 0.365. The van der Waals surface area contributed by atoms with E-state index >= 15 is 0 Å². The molecule has 1 rings (SSSR count). The number of alkyl halides is 3. The van der Waals surface area contributed by atoms with Crippen molar-refractivity contribution in [3.63, 3.8) is 0 Å². The van der Waals surface area contributed by atoms with Gasteiger partial charge in [-0.25, -0.2) is 9.59 Å². The summed E-state index contributed by atoms with van der Waals surface area (Å²) in [5.41, 5.74) is -3.12. The van der Waals surface area contributed by atoms with E-state index < -0.39 is 42.2 Å². The van der Waals surface area contributed by atoms with Gasteiger partial charge < -0.3 is 9.84 Å². The van der Waals surface area contributed by atoms with Crippen molar-refractivity contribution in [2.45, 2.75) is 50.9 Å². The monoisotopic (exact) mass is 361 g/mol. The van der Waals surface area contributed by atoms with Gasteiger partial charge in [-0.1, -0.05) is 30.3 Å². The lowest BCUT2D eigenvalue weighted by atomic mass is 9.85. The van der Waals surface area contributed by atoms with E-state index in [0.29, 0.717) is 10.5 Å². The molecule has 0 saturated heterocycles. The van der Waals surface area contributed by atoms with Crippen molar-refractivity contribution in [3.8, 4) is 0 Å². The number of carboxylic acids is 1. The summed E-state index contributed by atoms with van der Waals surface area (Å²) in [5, 5.41) is 9.62. The third-order valence-electron chi connectivity index (χ3n) is 3.54.